The minimum Gasteiger partial charge on any atom is -0.494 e. The lowest BCUT2D eigenvalue weighted by Crippen LogP contribution is -2.58. The first-order chi connectivity index (χ1) is 9.89. The summed E-state index contributed by atoms with van der Waals surface area (Å²) in [5.41, 5.74) is -1.35. The zero-order valence-corrected chi connectivity index (χ0v) is 12.6. The number of sulfonamides is 1. The number of nitrogens with one attached hydrogen (secondary N) is 1. The van der Waals surface area contributed by atoms with Gasteiger partial charge in [0, 0.05) is 0 Å². The predicted octanol–water partition coefficient (Wildman–Crippen LogP) is 1.76. The van der Waals surface area contributed by atoms with Crippen molar-refractivity contribution in [2.24, 2.45) is 0 Å². The number of ether oxygens (including phenoxy) is 1. The van der Waals surface area contributed by atoms with Crippen molar-refractivity contribution >= 4 is 16.0 Å². The van der Waals surface area contributed by atoms with Crippen LogP contribution < -0.4 is 9.46 Å². The highest BCUT2D eigenvalue weighted by Crippen LogP contribution is 2.33. The van der Waals surface area contributed by atoms with Gasteiger partial charge in [0.25, 0.3) is 0 Å². The first-order valence-electron chi connectivity index (χ1n) is 6.90. The van der Waals surface area contributed by atoms with Gasteiger partial charge in [0.1, 0.15) is 11.3 Å². The molecule has 0 unspecified atom stereocenters. The van der Waals surface area contributed by atoms with Crippen molar-refractivity contribution in [2.45, 2.75) is 43.0 Å². The molecular formula is C14H19NO5S. The van der Waals surface area contributed by atoms with Crippen molar-refractivity contribution in [3.8, 4) is 5.75 Å². The summed E-state index contributed by atoms with van der Waals surface area (Å²) in [5, 5.41) is 9.19. The monoisotopic (exact) mass is 313 g/mol. The SMILES string of the molecule is CCCOc1ccc(S(=O)(=O)NC2(C(=O)O)CCC2)cc1. The molecule has 2 N–H and O–H groups in total. The van der Waals surface area contributed by atoms with E-state index < -0.39 is 21.5 Å². The number of hydrogen-bond donors (Lipinski definition) is 2. The second-order valence-electron chi connectivity index (χ2n) is 5.17. The first kappa shape index (κ1) is 15.8. The average molecular weight is 313 g/mol. The summed E-state index contributed by atoms with van der Waals surface area (Å²) >= 11 is 0. The maximum atomic E-state index is 12.3. The van der Waals surface area contributed by atoms with Gasteiger partial charge in [0.2, 0.25) is 10.0 Å². The minimum absolute atomic E-state index is 0.0406. The zero-order valence-electron chi connectivity index (χ0n) is 11.8. The van der Waals surface area contributed by atoms with E-state index in [1.54, 1.807) is 12.1 Å². The molecule has 0 heterocycles. The van der Waals surface area contributed by atoms with E-state index in [1.807, 2.05) is 6.92 Å². The zero-order chi connectivity index (χ0) is 15.5. The van der Waals surface area contributed by atoms with Gasteiger partial charge >= 0.3 is 5.97 Å². The number of carboxylic acid groups (broad SMARTS) is 1. The molecule has 1 aliphatic rings. The second kappa shape index (κ2) is 6.03. The van der Waals surface area contributed by atoms with Crippen molar-refractivity contribution < 1.29 is 23.1 Å². The van der Waals surface area contributed by atoms with Gasteiger partial charge in [-0.2, -0.15) is 4.72 Å². The van der Waals surface area contributed by atoms with Crippen LogP contribution in [0, 0.1) is 0 Å². The van der Waals surface area contributed by atoms with Crippen LogP contribution in [0.5, 0.6) is 5.75 Å². The van der Waals surface area contributed by atoms with E-state index >= 15 is 0 Å². The highest BCUT2D eigenvalue weighted by Gasteiger charge is 2.47. The Morgan fingerprint density at radius 3 is 2.38 bits per heavy atom. The van der Waals surface area contributed by atoms with Crippen LogP contribution in [0.15, 0.2) is 29.2 Å². The topological polar surface area (TPSA) is 92.7 Å². The van der Waals surface area contributed by atoms with Crippen LogP contribution in [0.4, 0.5) is 0 Å². The normalized spacial score (nSPS) is 17.0. The van der Waals surface area contributed by atoms with E-state index in [0.717, 1.165) is 6.42 Å². The van der Waals surface area contributed by atoms with Gasteiger partial charge in [-0.3, -0.25) is 4.79 Å². The number of aliphatic carboxylic acids is 1. The summed E-state index contributed by atoms with van der Waals surface area (Å²) in [5.74, 6) is -0.535. The number of benzene rings is 1. The van der Waals surface area contributed by atoms with Gasteiger partial charge in [-0.05, 0) is 49.9 Å². The molecule has 1 aliphatic carbocycles. The highest BCUT2D eigenvalue weighted by atomic mass is 32.2. The van der Waals surface area contributed by atoms with Crippen LogP contribution in [-0.2, 0) is 14.8 Å². The lowest BCUT2D eigenvalue weighted by Gasteiger charge is -2.37. The summed E-state index contributed by atoms with van der Waals surface area (Å²) in [4.78, 5) is 11.3. The largest absolute Gasteiger partial charge is 0.494 e. The van der Waals surface area contributed by atoms with E-state index in [4.69, 9.17) is 4.74 Å². The fourth-order valence-electron chi connectivity index (χ4n) is 2.14. The Kier molecular flexibility index (Phi) is 4.53. The summed E-state index contributed by atoms with van der Waals surface area (Å²) in [7, 11) is -3.85. The molecule has 1 aromatic carbocycles. The third-order valence-electron chi connectivity index (χ3n) is 3.55. The Bertz CT molecular complexity index is 605. The molecule has 1 aromatic rings. The Balaban J connectivity index is 2.14. The summed E-state index contributed by atoms with van der Waals surface area (Å²) < 4.78 is 32.2. The molecular weight excluding hydrogens is 294 g/mol. The maximum absolute atomic E-state index is 12.3. The van der Waals surface area contributed by atoms with Gasteiger partial charge in [-0.25, -0.2) is 8.42 Å². The quantitative estimate of drug-likeness (QED) is 0.800. The predicted molar refractivity (Wildman–Crippen MR) is 76.8 cm³/mol. The molecule has 1 fully saturated rings. The lowest BCUT2D eigenvalue weighted by molar-refractivity contribution is -0.147. The lowest BCUT2D eigenvalue weighted by atomic mass is 9.78. The molecule has 0 bridgehead atoms. The van der Waals surface area contributed by atoms with Crippen LogP contribution in [0.25, 0.3) is 0 Å². The molecule has 0 atom stereocenters. The van der Waals surface area contributed by atoms with Crippen molar-refractivity contribution in [1.82, 2.24) is 4.72 Å². The van der Waals surface area contributed by atoms with Gasteiger partial charge in [0.05, 0.1) is 11.5 Å². The average Bonchev–Trinajstić information content (AvgIpc) is 2.41. The standard InChI is InChI=1S/C14H19NO5S/c1-2-10-20-11-4-6-12(7-5-11)21(18,19)15-14(13(16)17)8-3-9-14/h4-7,15H,2-3,8-10H2,1H3,(H,16,17). The van der Waals surface area contributed by atoms with Gasteiger partial charge in [0.15, 0.2) is 0 Å². The van der Waals surface area contributed by atoms with Crippen molar-refractivity contribution in [1.29, 1.82) is 0 Å². The molecule has 0 radical (unpaired) electrons. The van der Waals surface area contributed by atoms with Gasteiger partial charge in [-0.15, -0.1) is 0 Å². The molecule has 7 heteroatoms. The third-order valence-corrected chi connectivity index (χ3v) is 5.11. The molecule has 21 heavy (non-hydrogen) atoms. The summed E-state index contributed by atoms with van der Waals surface area (Å²) in [6.07, 6.45) is 2.21. The van der Waals surface area contributed by atoms with Crippen molar-refractivity contribution in [2.75, 3.05) is 6.61 Å². The molecule has 1 saturated carbocycles. The Morgan fingerprint density at radius 1 is 1.33 bits per heavy atom. The smallest absolute Gasteiger partial charge is 0.324 e. The Labute approximate surface area is 124 Å². The molecule has 0 aliphatic heterocycles. The van der Waals surface area contributed by atoms with E-state index in [-0.39, 0.29) is 4.90 Å². The van der Waals surface area contributed by atoms with Crippen LogP contribution >= 0.6 is 0 Å². The summed E-state index contributed by atoms with van der Waals surface area (Å²) in [6, 6.07) is 5.97. The fraction of sp³-hybridized carbons (Fsp3) is 0.500. The van der Waals surface area contributed by atoms with Gasteiger partial charge < -0.3 is 9.84 Å². The van der Waals surface area contributed by atoms with E-state index in [2.05, 4.69) is 4.72 Å². The van der Waals surface area contributed by atoms with E-state index in [0.29, 0.717) is 31.6 Å². The molecule has 0 amide bonds. The van der Waals surface area contributed by atoms with Crippen molar-refractivity contribution in [3.05, 3.63) is 24.3 Å². The van der Waals surface area contributed by atoms with Crippen LogP contribution in [0.3, 0.4) is 0 Å². The van der Waals surface area contributed by atoms with Gasteiger partial charge in [-0.1, -0.05) is 6.92 Å². The summed E-state index contributed by atoms with van der Waals surface area (Å²) in [6.45, 7) is 2.54. The molecule has 0 saturated heterocycles. The van der Waals surface area contributed by atoms with E-state index in [9.17, 15) is 18.3 Å². The third kappa shape index (κ3) is 3.36. The number of rotatable bonds is 7. The Hall–Kier alpha value is -1.60. The molecule has 6 nitrogen and oxygen atoms in total. The second-order valence-corrected chi connectivity index (χ2v) is 6.85. The minimum atomic E-state index is -3.85. The van der Waals surface area contributed by atoms with Crippen LogP contribution in [-0.4, -0.2) is 31.6 Å². The first-order valence-corrected chi connectivity index (χ1v) is 8.38. The molecule has 116 valence electrons. The van der Waals surface area contributed by atoms with Crippen LogP contribution in [0.2, 0.25) is 0 Å². The fourth-order valence-corrected chi connectivity index (χ4v) is 3.56. The highest BCUT2D eigenvalue weighted by molar-refractivity contribution is 7.89. The number of hydrogen-bond acceptors (Lipinski definition) is 4. The Morgan fingerprint density at radius 2 is 1.95 bits per heavy atom. The molecule has 2 rings (SSSR count). The number of carbonyl (C=O) groups is 1. The van der Waals surface area contributed by atoms with E-state index in [1.165, 1.54) is 12.1 Å². The molecule has 0 aromatic heterocycles. The maximum Gasteiger partial charge on any atom is 0.324 e. The van der Waals surface area contributed by atoms with Crippen molar-refractivity contribution in [3.63, 3.8) is 0 Å². The molecule has 0 spiro atoms. The van der Waals surface area contributed by atoms with Crippen LogP contribution in [0.1, 0.15) is 32.6 Å². The number of carboxylic acids is 1.